The molecule has 0 radical (unpaired) electrons. The Bertz CT molecular complexity index is 688. The van der Waals surface area contributed by atoms with E-state index >= 15 is 0 Å². The molecule has 0 N–H and O–H groups in total. The van der Waals surface area contributed by atoms with Crippen LogP contribution in [0.2, 0.25) is 0 Å². The Hall–Kier alpha value is -1.83. The average Bonchev–Trinajstić information content (AvgIpc) is 2.63. The summed E-state index contributed by atoms with van der Waals surface area (Å²) in [5.74, 6) is 0.756. The maximum absolute atomic E-state index is 12.4. The number of nitrogens with zero attached hydrogens (tertiary/aromatic N) is 1. The SMILES string of the molecule is CCCC(CCC)C(C)(C)c1ccc(N(C(C)=O)C2=C(C)CCC=C2)cc1. The highest BCUT2D eigenvalue weighted by Gasteiger charge is 2.30. The van der Waals surface area contributed by atoms with Crippen LogP contribution in [-0.2, 0) is 10.2 Å². The summed E-state index contributed by atoms with van der Waals surface area (Å²) in [4.78, 5) is 14.3. The van der Waals surface area contributed by atoms with Crippen molar-refractivity contribution in [2.24, 2.45) is 5.92 Å². The zero-order chi connectivity index (χ0) is 20.0. The minimum Gasteiger partial charge on any atom is -0.281 e. The molecule has 1 aromatic rings. The highest BCUT2D eigenvalue weighted by Crippen LogP contribution is 2.38. The number of hydrogen-bond donors (Lipinski definition) is 0. The number of rotatable bonds is 8. The molecule has 1 aliphatic carbocycles. The highest BCUT2D eigenvalue weighted by molar-refractivity contribution is 5.95. The average molecular weight is 368 g/mol. The molecule has 0 bridgehead atoms. The van der Waals surface area contributed by atoms with Crippen molar-refractivity contribution < 1.29 is 4.79 Å². The van der Waals surface area contributed by atoms with Gasteiger partial charge in [-0.15, -0.1) is 0 Å². The highest BCUT2D eigenvalue weighted by atomic mass is 16.2. The van der Waals surface area contributed by atoms with Gasteiger partial charge in [0.1, 0.15) is 0 Å². The van der Waals surface area contributed by atoms with Crippen molar-refractivity contribution in [2.45, 2.75) is 85.5 Å². The van der Waals surface area contributed by atoms with E-state index < -0.39 is 0 Å². The summed E-state index contributed by atoms with van der Waals surface area (Å²) in [5.41, 5.74) is 4.79. The van der Waals surface area contributed by atoms with Crippen molar-refractivity contribution in [3.05, 3.63) is 53.3 Å². The number of anilines is 1. The predicted octanol–water partition coefficient (Wildman–Crippen LogP) is 7.16. The van der Waals surface area contributed by atoms with Gasteiger partial charge in [-0.2, -0.15) is 0 Å². The summed E-state index contributed by atoms with van der Waals surface area (Å²) in [7, 11) is 0. The molecule has 148 valence electrons. The summed E-state index contributed by atoms with van der Waals surface area (Å²) in [6.07, 6.45) is 11.3. The number of benzene rings is 1. The first-order chi connectivity index (χ1) is 12.8. The minimum atomic E-state index is 0.0674. The van der Waals surface area contributed by atoms with Gasteiger partial charge in [-0.05, 0) is 73.3 Å². The van der Waals surface area contributed by atoms with Gasteiger partial charge in [0.2, 0.25) is 5.91 Å². The van der Waals surface area contributed by atoms with E-state index in [1.54, 1.807) is 6.92 Å². The smallest absolute Gasteiger partial charge is 0.228 e. The fraction of sp³-hybridized carbons (Fsp3) is 0.560. The molecule has 1 amide bonds. The lowest BCUT2D eigenvalue weighted by Crippen LogP contribution is -2.30. The maximum Gasteiger partial charge on any atom is 0.228 e. The minimum absolute atomic E-state index is 0.0674. The zero-order valence-electron chi connectivity index (χ0n) is 18.1. The number of carbonyl (C=O) groups is 1. The van der Waals surface area contributed by atoms with Gasteiger partial charge >= 0.3 is 0 Å². The molecular formula is C25H37NO. The van der Waals surface area contributed by atoms with Crippen LogP contribution in [0.4, 0.5) is 5.69 Å². The Kier molecular flexibility index (Phi) is 7.47. The maximum atomic E-state index is 12.4. The molecule has 0 spiro atoms. The topological polar surface area (TPSA) is 20.3 Å². The Morgan fingerprint density at radius 2 is 1.70 bits per heavy atom. The summed E-state index contributed by atoms with van der Waals surface area (Å²) in [6, 6.07) is 8.70. The molecule has 0 aromatic heterocycles. The summed E-state index contributed by atoms with van der Waals surface area (Å²) < 4.78 is 0. The normalized spacial score (nSPS) is 14.8. The van der Waals surface area contributed by atoms with E-state index in [1.807, 2.05) is 4.90 Å². The van der Waals surface area contributed by atoms with Gasteiger partial charge in [0, 0.05) is 18.3 Å². The molecule has 0 aliphatic heterocycles. The second kappa shape index (κ2) is 9.39. The van der Waals surface area contributed by atoms with E-state index in [9.17, 15) is 4.79 Å². The third-order valence-electron chi connectivity index (χ3n) is 6.12. The van der Waals surface area contributed by atoms with Crippen LogP contribution in [0.15, 0.2) is 47.7 Å². The monoisotopic (exact) mass is 367 g/mol. The molecule has 0 saturated heterocycles. The van der Waals surface area contributed by atoms with Gasteiger partial charge in [0.25, 0.3) is 0 Å². The van der Waals surface area contributed by atoms with Gasteiger partial charge < -0.3 is 0 Å². The standard InChI is InChI=1S/C25H37NO/c1-7-11-21(12-8-2)25(5,6)22-15-17-23(18-16-22)26(20(4)27)24-14-10-9-13-19(24)3/h10,14-18,21H,7-9,11-13H2,1-6H3. The van der Waals surface area contributed by atoms with E-state index in [0.717, 1.165) is 24.2 Å². The van der Waals surface area contributed by atoms with Gasteiger partial charge in [-0.3, -0.25) is 9.69 Å². The molecule has 1 aromatic carbocycles. The Morgan fingerprint density at radius 1 is 1.11 bits per heavy atom. The van der Waals surface area contributed by atoms with Crippen molar-refractivity contribution >= 4 is 11.6 Å². The molecule has 0 saturated carbocycles. The molecule has 0 unspecified atom stereocenters. The Morgan fingerprint density at radius 3 is 2.19 bits per heavy atom. The molecule has 1 aliphatic rings. The van der Waals surface area contributed by atoms with Crippen LogP contribution < -0.4 is 4.90 Å². The first-order valence-corrected chi connectivity index (χ1v) is 10.6. The number of hydrogen-bond acceptors (Lipinski definition) is 1. The molecule has 2 rings (SSSR count). The fourth-order valence-electron chi connectivity index (χ4n) is 4.36. The fourth-order valence-corrected chi connectivity index (χ4v) is 4.36. The third kappa shape index (κ3) is 4.91. The van der Waals surface area contributed by atoms with E-state index in [0.29, 0.717) is 5.92 Å². The summed E-state index contributed by atoms with van der Waals surface area (Å²) in [6.45, 7) is 13.1. The molecule has 0 fully saturated rings. The first-order valence-electron chi connectivity index (χ1n) is 10.6. The number of allylic oxidation sites excluding steroid dienone is 3. The number of amides is 1. The predicted molar refractivity (Wildman–Crippen MR) is 117 cm³/mol. The van der Waals surface area contributed by atoms with Gasteiger partial charge in [-0.25, -0.2) is 0 Å². The lowest BCUT2D eigenvalue weighted by molar-refractivity contribution is -0.116. The van der Waals surface area contributed by atoms with Crippen molar-refractivity contribution in [1.29, 1.82) is 0 Å². The third-order valence-corrected chi connectivity index (χ3v) is 6.12. The quantitative estimate of drug-likeness (QED) is 0.477. The van der Waals surface area contributed by atoms with Crippen molar-refractivity contribution in [2.75, 3.05) is 4.90 Å². The van der Waals surface area contributed by atoms with Crippen LogP contribution in [-0.4, -0.2) is 5.91 Å². The summed E-state index contributed by atoms with van der Waals surface area (Å²) >= 11 is 0. The van der Waals surface area contributed by atoms with Crippen molar-refractivity contribution in [3.8, 4) is 0 Å². The second-order valence-corrected chi connectivity index (χ2v) is 8.50. The molecule has 0 atom stereocenters. The largest absolute Gasteiger partial charge is 0.281 e. The van der Waals surface area contributed by atoms with Crippen molar-refractivity contribution in [1.82, 2.24) is 0 Å². The van der Waals surface area contributed by atoms with Crippen LogP contribution in [0.25, 0.3) is 0 Å². The van der Waals surface area contributed by atoms with E-state index in [-0.39, 0.29) is 11.3 Å². The Balaban J connectivity index is 2.34. The molecular weight excluding hydrogens is 330 g/mol. The Labute approximate surface area is 166 Å². The summed E-state index contributed by atoms with van der Waals surface area (Å²) in [5, 5.41) is 0. The lowest BCUT2D eigenvalue weighted by atomic mass is 9.70. The van der Waals surface area contributed by atoms with Gasteiger partial charge in [0.15, 0.2) is 0 Å². The molecule has 0 heterocycles. The first kappa shape index (κ1) is 21.5. The van der Waals surface area contributed by atoms with Crippen LogP contribution >= 0.6 is 0 Å². The molecule has 27 heavy (non-hydrogen) atoms. The van der Waals surface area contributed by atoms with Crippen LogP contribution in [0.5, 0.6) is 0 Å². The number of carbonyl (C=O) groups excluding carboxylic acids is 1. The van der Waals surface area contributed by atoms with Crippen molar-refractivity contribution in [3.63, 3.8) is 0 Å². The van der Waals surface area contributed by atoms with E-state index in [1.165, 1.54) is 36.8 Å². The molecule has 2 heteroatoms. The lowest BCUT2D eigenvalue weighted by Gasteiger charge is -2.35. The van der Waals surface area contributed by atoms with E-state index in [4.69, 9.17) is 0 Å². The van der Waals surface area contributed by atoms with Crippen LogP contribution in [0.3, 0.4) is 0 Å². The van der Waals surface area contributed by atoms with Crippen LogP contribution in [0, 0.1) is 5.92 Å². The van der Waals surface area contributed by atoms with E-state index in [2.05, 4.69) is 71.0 Å². The second-order valence-electron chi connectivity index (χ2n) is 8.50. The van der Waals surface area contributed by atoms with Crippen LogP contribution in [0.1, 0.15) is 85.6 Å². The molecule has 2 nitrogen and oxygen atoms in total. The zero-order valence-corrected chi connectivity index (χ0v) is 18.1. The van der Waals surface area contributed by atoms with Gasteiger partial charge in [0.05, 0.1) is 0 Å². The van der Waals surface area contributed by atoms with Gasteiger partial charge in [-0.1, -0.05) is 58.7 Å².